The zero-order chi connectivity index (χ0) is 13.8. The van der Waals surface area contributed by atoms with Gasteiger partial charge in [0.05, 0.1) is 0 Å². The molecule has 0 aliphatic rings. The van der Waals surface area contributed by atoms with Gasteiger partial charge in [0.25, 0.3) is 0 Å². The van der Waals surface area contributed by atoms with Crippen LogP contribution in [-0.2, 0) is 13.0 Å². The summed E-state index contributed by atoms with van der Waals surface area (Å²) in [7, 11) is 0. The highest BCUT2D eigenvalue weighted by Crippen LogP contribution is 2.27. The maximum Gasteiger partial charge on any atom is 0.0306 e. The molecule has 0 aliphatic heterocycles. The first-order valence-corrected chi connectivity index (χ1v) is 8.76. The molecule has 0 aliphatic carbocycles. The summed E-state index contributed by atoms with van der Waals surface area (Å²) in [5.41, 5.74) is 1.29. The first-order chi connectivity index (χ1) is 9.10. The summed E-state index contributed by atoms with van der Waals surface area (Å²) in [4.78, 5) is 2.85. The van der Waals surface area contributed by atoms with Crippen molar-refractivity contribution in [3.05, 3.63) is 54.6 Å². The fourth-order valence-electron chi connectivity index (χ4n) is 1.92. The van der Waals surface area contributed by atoms with Crippen LogP contribution in [0.15, 0.2) is 39.3 Å². The van der Waals surface area contributed by atoms with Crippen molar-refractivity contribution in [2.24, 2.45) is 0 Å². The second-order valence-electron chi connectivity index (χ2n) is 4.49. The molecule has 0 saturated heterocycles. The van der Waals surface area contributed by atoms with Gasteiger partial charge in [-0.1, -0.05) is 44.8 Å². The van der Waals surface area contributed by atoms with E-state index in [2.05, 4.69) is 81.4 Å². The molecule has 102 valence electrons. The van der Waals surface area contributed by atoms with Gasteiger partial charge < -0.3 is 5.32 Å². The van der Waals surface area contributed by atoms with Gasteiger partial charge in [0, 0.05) is 31.3 Å². The number of thiophene rings is 1. The number of nitrogens with one attached hydrogen (secondary N) is 1. The van der Waals surface area contributed by atoms with E-state index < -0.39 is 0 Å². The Morgan fingerprint density at radius 2 is 1.89 bits per heavy atom. The fourth-order valence-corrected chi connectivity index (χ4v) is 4.22. The van der Waals surface area contributed by atoms with Gasteiger partial charge in [-0.25, -0.2) is 0 Å². The minimum absolute atomic E-state index is 0.328. The highest BCUT2D eigenvalue weighted by atomic mass is 79.9. The van der Waals surface area contributed by atoms with Gasteiger partial charge in [-0.3, -0.25) is 0 Å². The van der Waals surface area contributed by atoms with E-state index in [1.165, 1.54) is 15.3 Å². The van der Waals surface area contributed by atoms with Gasteiger partial charge >= 0.3 is 0 Å². The Kier molecular flexibility index (Phi) is 5.63. The van der Waals surface area contributed by atoms with E-state index in [1.807, 2.05) is 11.3 Å². The van der Waals surface area contributed by atoms with Crippen LogP contribution in [0.4, 0.5) is 0 Å². The van der Waals surface area contributed by atoms with Crippen LogP contribution in [0.1, 0.15) is 35.2 Å². The number of benzene rings is 1. The van der Waals surface area contributed by atoms with Crippen molar-refractivity contribution in [2.75, 3.05) is 0 Å². The standard InChI is InChI=1S/C15H17Br2NS/c1-3-12-5-6-13(19-12)9-18-10(2)14-7-4-11(16)8-15(14)17/h4-8,10,18H,3,9H2,1-2H3. The second-order valence-corrected chi connectivity index (χ2v) is 7.51. The Hall–Kier alpha value is -0.160. The zero-order valence-electron chi connectivity index (χ0n) is 11.0. The van der Waals surface area contributed by atoms with Crippen molar-refractivity contribution >= 4 is 43.2 Å². The molecule has 2 rings (SSSR count). The summed E-state index contributed by atoms with van der Waals surface area (Å²) in [6.45, 7) is 5.32. The molecule has 0 radical (unpaired) electrons. The molecule has 0 amide bonds. The molecule has 0 saturated carbocycles. The van der Waals surface area contributed by atoms with Crippen LogP contribution in [0.5, 0.6) is 0 Å². The van der Waals surface area contributed by atoms with Crippen LogP contribution >= 0.6 is 43.2 Å². The van der Waals surface area contributed by atoms with E-state index in [0.717, 1.165) is 21.9 Å². The molecular weight excluding hydrogens is 386 g/mol. The lowest BCUT2D eigenvalue weighted by atomic mass is 10.1. The third kappa shape index (κ3) is 4.15. The Labute approximate surface area is 135 Å². The molecule has 0 bridgehead atoms. The van der Waals surface area contributed by atoms with Gasteiger partial charge in [-0.15, -0.1) is 11.3 Å². The highest BCUT2D eigenvalue weighted by Gasteiger charge is 2.09. The predicted octanol–water partition coefficient (Wildman–Crippen LogP) is 5.69. The van der Waals surface area contributed by atoms with Crippen LogP contribution in [0, 0.1) is 0 Å². The second kappa shape index (κ2) is 7.02. The monoisotopic (exact) mass is 401 g/mol. The van der Waals surface area contributed by atoms with Gasteiger partial charge in [0.1, 0.15) is 0 Å². The molecule has 0 spiro atoms. The Balaban J connectivity index is 1.98. The largest absolute Gasteiger partial charge is 0.305 e. The molecule has 1 nitrogen and oxygen atoms in total. The lowest BCUT2D eigenvalue weighted by Crippen LogP contribution is -2.17. The summed E-state index contributed by atoms with van der Waals surface area (Å²) in [5, 5.41) is 3.58. The van der Waals surface area contributed by atoms with Crippen LogP contribution in [-0.4, -0.2) is 0 Å². The first kappa shape index (κ1) is 15.2. The molecule has 1 heterocycles. The van der Waals surface area contributed by atoms with E-state index in [9.17, 15) is 0 Å². The molecule has 4 heteroatoms. The predicted molar refractivity (Wildman–Crippen MR) is 90.8 cm³/mol. The summed E-state index contributed by atoms with van der Waals surface area (Å²) in [5.74, 6) is 0. The molecule has 19 heavy (non-hydrogen) atoms. The third-order valence-corrected chi connectivity index (χ3v) is 5.49. The van der Waals surface area contributed by atoms with E-state index in [4.69, 9.17) is 0 Å². The molecule has 0 fully saturated rings. The smallest absolute Gasteiger partial charge is 0.0306 e. The molecule has 1 atom stereocenters. The highest BCUT2D eigenvalue weighted by molar-refractivity contribution is 9.11. The van der Waals surface area contributed by atoms with Gasteiger partial charge in [0.2, 0.25) is 0 Å². The minimum Gasteiger partial charge on any atom is -0.305 e. The Bertz CT molecular complexity index is 551. The molecular formula is C15H17Br2NS. The topological polar surface area (TPSA) is 12.0 Å². The van der Waals surface area contributed by atoms with Crippen LogP contribution in [0.25, 0.3) is 0 Å². The third-order valence-electron chi connectivity index (χ3n) is 3.08. The molecule has 1 aromatic carbocycles. The van der Waals surface area contributed by atoms with Gasteiger partial charge in [-0.2, -0.15) is 0 Å². The van der Waals surface area contributed by atoms with Crippen molar-refractivity contribution in [3.8, 4) is 0 Å². The molecule has 2 aromatic rings. The number of hydrogen-bond acceptors (Lipinski definition) is 2. The zero-order valence-corrected chi connectivity index (χ0v) is 15.0. The van der Waals surface area contributed by atoms with Crippen molar-refractivity contribution in [2.45, 2.75) is 32.9 Å². The van der Waals surface area contributed by atoms with Crippen molar-refractivity contribution < 1.29 is 0 Å². The molecule has 1 aromatic heterocycles. The average molecular weight is 403 g/mol. The summed E-state index contributed by atoms with van der Waals surface area (Å²) in [6, 6.07) is 11.1. The summed E-state index contributed by atoms with van der Waals surface area (Å²) >= 11 is 9.00. The minimum atomic E-state index is 0.328. The lowest BCUT2D eigenvalue weighted by molar-refractivity contribution is 0.577. The Morgan fingerprint density at radius 1 is 1.16 bits per heavy atom. The van der Waals surface area contributed by atoms with Crippen LogP contribution in [0.3, 0.4) is 0 Å². The van der Waals surface area contributed by atoms with Gasteiger partial charge in [0.15, 0.2) is 0 Å². The number of hydrogen-bond donors (Lipinski definition) is 1. The maximum atomic E-state index is 3.62. The van der Waals surface area contributed by atoms with Crippen LogP contribution < -0.4 is 5.32 Å². The van der Waals surface area contributed by atoms with E-state index in [0.29, 0.717) is 6.04 Å². The number of aryl methyl sites for hydroxylation is 1. The van der Waals surface area contributed by atoms with E-state index >= 15 is 0 Å². The summed E-state index contributed by atoms with van der Waals surface area (Å²) in [6.07, 6.45) is 1.12. The Morgan fingerprint density at radius 3 is 2.53 bits per heavy atom. The number of halogens is 2. The van der Waals surface area contributed by atoms with Crippen molar-refractivity contribution in [1.82, 2.24) is 5.32 Å². The molecule has 1 unspecified atom stereocenters. The quantitative estimate of drug-likeness (QED) is 0.677. The van der Waals surface area contributed by atoms with E-state index in [-0.39, 0.29) is 0 Å². The average Bonchev–Trinajstić information content (AvgIpc) is 2.84. The normalized spacial score (nSPS) is 12.6. The SMILES string of the molecule is CCc1ccc(CNC(C)c2ccc(Br)cc2Br)s1. The van der Waals surface area contributed by atoms with Crippen molar-refractivity contribution in [1.29, 1.82) is 0 Å². The summed E-state index contributed by atoms with van der Waals surface area (Å²) < 4.78 is 2.24. The number of rotatable bonds is 5. The fraction of sp³-hybridized carbons (Fsp3) is 0.333. The first-order valence-electron chi connectivity index (χ1n) is 6.36. The van der Waals surface area contributed by atoms with E-state index in [1.54, 1.807) is 0 Å². The van der Waals surface area contributed by atoms with Gasteiger partial charge in [-0.05, 0) is 43.2 Å². The molecule has 1 N–H and O–H groups in total. The van der Waals surface area contributed by atoms with Crippen LogP contribution in [0.2, 0.25) is 0 Å². The van der Waals surface area contributed by atoms with Crippen molar-refractivity contribution in [3.63, 3.8) is 0 Å². The lowest BCUT2D eigenvalue weighted by Gasteiger charge is -2.15. The maximum absolute atomic E-state index is 3.62.